The summed E-state index contributed by atoms with van der Waals surface area (Å²) < 4.78 is 10.7. The highest BCUT2D eigenvalue weighted by atomic mass is 16.6. The first-order chi connectivity index (χ1) is 8.72. The van der Waals surface area contributed by atoms with E-state index in [-0.39, 0.29) is 12.5 Å². The lowest BCUT2D eigenvalue weighted by atomic mass is 10.2. The molecule has 0 aliphatic carbocycles. The zero-order chi connectivity index (χ0) is 12.5. The maximum atomic E-state index is 10.6. The van der Waals surface area contributed by atoms with E-state index < -0.39 is 5.97 Å². The van der Waals surface area contributed by atoms with Crippen LogP contribution in [0.2, 0.25) is 0 Å². The van der Waals surface area contributed by atoms with Crippen molar-refractivity contribution in [3.05, 3.63) is 30.0 Å². The lowest BCUT2D eigenvalue weighted by Crippen LogP contribution is -2.24. The highest BCUT2D eigenvalue weighted by Gasteiger charge is 2.23. The number of carboxylic acids is 1. The van der Waals surface area contributed by atoms with Crippen molar-refractivity contribution in [2.45, 2.75) is 12.5 Å². The summed E-state index contributed by atoms with van der Waals surface area (Å²) in [4.78, 5) is 13.6. The molecule has 1 aliphatic rings. The van der Waals surface area contributed by atoms with Gasteiger partial charge in [-0.3, -0.25) is 0 Å². The van der Waals surface area contributed by atoms with E-state index in [0.717, 1.165) is 23.3 Å². The molecule has 1 aromatic heterocycles. The summed E-state index contributed by atoms with van der Waals surface area (Å²) in [6, 6.07) is 7.40. The molecule has 2 heterocycles. The highest BCUT2D eigenvalue weighted by Crippen LogP contribution is 2.27. The van der Waals surface area contributed by atoms with Gasteiger partial charge in [0.25, 0.3) is 0 Å². The number of H-pyrrole nitrogens is 1. The Hall–Kier alpha value is -2.01. The predicted molar refractivity (Wildman–Crippen MR) is 62.2 cm³/mol. The van der Waals surface area contributed by atoms with E-state index in [0.29, 0.717) is 12.3 Å². The molecule has 1 fully saturated rings. The van der Waals surface area contributed by atoms with Crippen molar-refractivity contribution in [3.63, 3.8) is 0 Å². The Morgan fingerprint density at radius 2 is 2.39 bits per heavy atom. The van der Waals surface area contributed by atoms with Crippen LogP contribution in [0, 0.1) is 0 Å². The monoisotopic (exact) mass is 246 g/mol. The van der Waals surface area contributed by atoms with Crippen molar-refractivity contribution in [3.8, 4) is 5.75 Å². The summed E-state index contributed by atoms with van der Waals surface area (Å²) in [5.74, 6) is -0.362. The number of hydrogen-bond acceptors (Lipinski definition) is 4. The van der Waals surface area contributed by atoms with Gasteiger partial charge in [-0.2, -0.15) is 0 Å². The first kappa shape index (κ1) is 11.1. The summed E-state index contributed by atoms with van der Waals surface area (Å²) in [6.07, 6.45) is 0.0710. The van der Waals surface area contributed by atoms with Gasteiger partial charge in [-0.25, -0.2) is 0 Å². The number of ether oxygens (including phenoxy) is 2. The lowest BCUT2D eigenvalue weighted by Gasteiger charge is -2.04. The molecule has 1 saturated heterocycles. The van der Waals surface area contributed by atoms with Gasteiger partial charge >= 0.3 is 0 Å². The first-order valence-corrected chi connectivity index (χ1v) is 5.77. The van der Waals surface area contributed by atoms with Gasteiger partial charge in [0.2, 0.25) is 0 Å². The van der Waals surface area contributed by atoms with Gasteiger partial charge in [-0.1, -0.05) is 6.07 Å². The van der Waals surface area contributed by atoms with Crippen molar-refractivity contribution < 1.29 is 19.4 Å². The standard InChI is InChI=1S/C13H13NO4/c15-13(16)5-8-4-10-11(14-8)2-1-3-12(10)18-7-9-6-17-9/h1-4,9,14H,5-7H2,(H,15,16)/p-1. The molecule has 3 rings (SSSR count). The Morgan fingerprint density at radius 3 is 3.11 bits per heavy atom. The van der Waals surface area contributed by atoms with Crippen LogP contribution >= 0.6 is 0 Å². The van der Waals surface area contributed by atoms with E-state index in [1.165, 1.54) is 0 Å². The van der Waals surface area contributed by atoms with E-state index in [1.54, 1.807) is 6.07 Å². The average Bonchev–Trinajstić information content (AvgIpc) is 3.05. The zero-order valence-corrected chi connectivity index (χ0v) is 9.64. The van der Waals surface area contributed by atoms with E-state index in [2.05, 4.69) is 4.98 Å². The Kier molecular flexibility index (Phi) is 2.68. The average molecular weight is 246 g/mol. The molecule has 5 heteroatoms. The second-order valence-corrected chi connectivity index (χ2v) is 4.33. The number of hydrogen-bond donors (Lipinski definition) is 1. The molecule has 1 N–H and O–H groups in total. The maximum Gasteiger partial charge on any atom is 0.128 e. The number of carbonyl (C=O) groups is 1. The SMILES string of the molecule is O=C([O-])Cc1cc2c(OCC3CO3)cccc2[nH]1. The minimum Gasteiger partial charge on any atom is -0.550 e. The Labute approximate surface area is 103 Å². The number of fused-ring (bicyclic) bond motifs is 1. The summed E-state index contributed by atoms with van der Waals surface area (Å²) >= 11 is 0. The number of benzene rings is 1. The largest absolute Gasteiger partial charge is 0.550 e. The number of nitrogens with one attached hydrogen (secondary N) is 1. The number of aromatic nitrogens is 1. The topological polar surface area (TPSA) is 77.7 Å². The number of epoxide rings is 1. The van der Waals surface area contributed by atoms with Crippen molar-refractivity contribution >= 4 is 16.9 Å². The molecule has 5 nitrogen and oxygen atoms in total. The fourth-order valence-corrected chi connectivity index (χ4v) is 1.91. The maximum absolute atomic E-state index is 10.6. The molecule has 1 unspecified atom stereocenters. The minimum atomic E-state index is -1.10. The molecule has 1 aliphatic heterocycles. The molecule has 2 aromatic rings. The fraction of sp³-hybridized carbons (Fsp3) is 0.308. The van der Waals surface area contributed by atoms with Gasteiger partial charge in [0.15, 0.2) is 0 Å². The Morgan fingerprint density at radius 1 is 1.56 bits per heavy atom. The molecule has 0 radical (unpaired) electrons. The third kappa shape index (κ3) is 2.31. The first-order valence-electron chi connectivity index (χ1n) is 5.77. The second kappa shape index (κ2) is 4.34. The van der Waals surface area contributed by atoms with E-state index in [4.69, 9.17) is 9.47 Å². The van der Waals surface area contributed by atoms with Gasteiger partial charge < -0.3 is 24.4 Å². The predicted octanol–water partition coefficient (Wildman–Crippen LogP) is 0.238. The van der Waals surface area contributed by atoms with Crippen LogP contribution in [0.1, 0.15) is 5.69 Å². The Bertz CT molecular complexity index is 586. The van der Waals surface area contributed by atoms with Crippen LogP contribution < -0.4 is 9.84 Å². The van der Waals surface area contributed by atoms with Gasteiger partial charge in [-0.05, 0) is 18.2 Å². The van der Waals surface area contributed by atoms with Crippen molar-refractivity contribution in [1.29, 1.82) is 0 Å². The van der Waals surface area contributed by atoms with Crippen molar-refractivity contribution in [2.75, 3.05) is 13.2 Å². The van der Waals surface area contributed by atoms with Crippen LogP contribution in [0.25, 0.3) is 10.9 Å². The van der Waals surface area contributed by atoms with Crippen LogP contribution in [0.3, 0.4) is 0 Å². The third-order valence-electron chi connectivity index (χ3n) is 2.84. The normalized spacial score (nSPS) is 17.9. The highest BCUT2D eigenvalue weighted by molar-refractivity contribution is 5.87. The van der Waals surface area contributed by atoms with Crippen molar-refractivity contribution in [1.82, 2.24) is 4.98 Å². The summed E-state index contributed by atoms with van der Waals surface area (Å²) in [5.41, 5.74) is 1.48. The van der Waals surface area contributed by atoms with Gasteiger partial charge in [-0.15, -0.1) is 0 Å². The quantitative estimate of drug-likeness (QED) is 0.766. The molecule has 18 heavy (non-hydrogen) atoms. The summed E-state index contributed by atoms with van der Waals surface area (Å²) in [7, 11) is 0. The second-order valence-electron chi connectivity index (χ2n) is 4.33. The molecule has 0 amide bonds. The summed E-state index contributed by atoms with van der Waals surface area (Å²) in [5, 5.41) is 11.5. The molecule has 0 saturated carbocycles. The van der Waals surface area contributed by atoms with Gasteiger partial charge in [0, 0.05) is 29.0 Å². The van der Waals surface area contributed by atoms with E-state index in [9.17, 15) is 9.90 Å². The number of aliphatic carboxylic acids is 1. The Balaban J connectivity index is 1.87. The van der Waals surface area contributed by atoms with Crippen LogP contribution in [-0.4, -0.2) is 30.3 Å². The zero-order valence-electron chi connectivity index (χ0n) is 9.64. The van der Waals surface area contributed by atoms with E-state index in [1.807, 2.05) is 18.2 Å². The van der Waals surface area contributed by atoms with Gasteiger partial charge in [0.1, 0.15) is 18.5 Å². The van der Waals surface area contributed by atoms with Crippen LogP contribution in [0.15, 0.2) is 24.3 Å². The molecule has 94 valence electrons. The molecular weight excluding hydrogens is 234 g/mol. The van der Waals surface area contributed by atoms with Crippen LogP contribution in [0.5, 0.6) is 5.75 Å². The lowest BCUT2D eigenvalue weighted by molar-refractivity contribution is -0.304. The number of aromatic amines is 1. The fourth-order valence-electron chi connectivity index (χ4n) is 1.91. The minimum absolute atomic E-state index is 0.125. The number of rotatable bonds is 5. The molecule has 0 bridgehead atoms. The molecule has 1 atom stereocenters. The van der Waals surface area contributed by atoms with Crippen LogP contribution in [0.4, 0.5) is 0 Å². The van der Waals surface area contributed by atoms with Crippen molar-refractivity contribution in [2.24, 2.45) is 0 Å². The van der Waals surface area contributed by atoms with E-state index >= 15 is 0 Å². The van der Waals surface area contributed by atoms with Crippen LogP contribution in [-0.2, 0) is 16.0 Å². The third-order valence-corrected chi connectivity index (χ3v) is 2.84. The smallest absolute Gasteiger partial charge is 0.128 e. The summed E-state index contributed by atoms with van der Waals surface area (Å²) in [6.45, 7) is 1.28. The molecular formula is C13H12NO4-. The van der Waals surface area contributed by atoms with Gasteiger partial charge in [0.05, 0.1) is 6.61 Å². The molecule has 1 aromatic carbocycles. The molecule has 0 spiro atoms. The number of carbonyl (C=O) groups excluding carboxylic acids is 1. The number of carboxylic acid groups (broad SMARTS) is 1.